The maximum Gasteiger partial charge on any atom is 0.342 e. The monoisotopic (exact) mass is 442 g/mol. The Hall–Kier alpha value is -3.17. The first-order valence-corrected chi connectivity index (χ1v) is 11.3. The molecule has 0 saturated heterocycles. The number of anilines is 1. The maximum atomic E-state index is 13.2. The normalized spacial score (nSPS) is 11.6. The number of benzene rings is 2. The van der Waals surface area contributed by atoms with E-state index in [9.17, 15) is 13.2 Å². The van der Waals surface area contributed by atoms with Crippen molar-refractivity contribution < 1.29 is 22.4 Å². The average molecular weight is 443 g/mol. The fourth-order valence-corrected chi connectivity index (χ4v) is 5.76. The summed E-state index contributed by atoms with van der Waals surface area (Å²) < 4.78 is 40.2. The summed E-state index contributed by atoms with van der Waals surface area (Å²) in [5.41, 5.74) is 1.72. The van der Waals surface area contributed by atoms with Crippen molar-refractivity contribution in [1.82, 2.24) is 4.98 Å². The Morgan fingerprint density at radius 1 is 1.07 bits per heavy atom. The summed E-state index contributed by atoms with van der Waals surface area (Å²) in [5.74, 6) is -0.485. The van der Waals surface area contributed by atoms with Gasteiger partial charge < -0.3 is 9.15 Å². The summed E-state index contributed by atoms with van der Waals surface area (Å²) in [5, 5.41) is 0.683. The number of sulfonamides is 1. The largest absolute Gasteiger partial charge is 0.465 e. The third-order valence-electron chi connectivity index (χ3n) is 4.56. The summed E-state index contributed by atoms with van der Waals surface area (Å²) in [7, 11) is -2.95. The van der Waals surface area contributed by atoms with Crippen LogP contribution in [0, 0.1) is 13.8 Å². The Labute approximate surface area is 177 Å². The van der Waals surface area contributed by atoms with E-state index in [-0.39, 0.29) is 22.0 Å². The first-order valence-electron chi connectivity index (χ1n) is 8.98. The molecule has 9 heteroatoms. The highest BCUT2D eigenvalue weighted by molar-refractivity contribution is 7.92. The Balaban J connectivity index is 1.80. The van der Waals surface area contributed by atoms with Crippen LogP contribution in [-0.2, 0) is 14.8 Å². The highest BCUT2D eigenvalue weighted by atomic mass is 32.2. The molecule has 0 unspecified atom stereocenters. The Bertz CT molecular complexity index is 1340. The molecule has 30 heavy (non-hydrogen) atoms. The molecular weight excluding hydrogens is 424 g/mol. The highest BCUT2D eigenvalue weighted by Gasteiger charge is 2.32. The lowest BCUT2D eigenvalue weighted by Crippen LogP contribution is -2.18. The number of hydrogen-bond donors (Lipinski definition) is 1. The minimum absolute atomic E-state index is 0.109. The van der Waals surface area contributed by atoms with Crippen LogP contribution < -0.4 is 4.72 Å². The molecule has 4 rings (SSSR count). The van der Waals surface area contributed by atoms with E-state index in [1.54, 1.807) is 18.2 Å². The van der Waals surface area contributed by atoms with Gasteiger partial charge in [0.05, 0.1) is 23.0 Å². The number of aryl methyl sites for hydroxylation is 2. The minimum atomic E-state index is -4.14. The molecule has 2 aromatic carbocycles. The number of para-hydroxylation sites is 2. The van der Waals surface area contributed by atoms with E-state index in [1.165, 1.54) is 32.3 Å². The predicted octanol–water partition coefficient (Wildman–Crippen LogP) is 4.76. The van der Waals surface area contributed by atoms with Crippen molar-refractivity contribution in [3.05, 3.63) is 65.6 Å². The Morgan fingerprint density at radius 3 is 2.50 bits per heavy atom. The van der Waals surface area contributed by atoms with Crippen molar-refractivity contribution in [2.75, 3.05) is 11.8 Å². The van der Waals surface area contributed by atoms with E-state index < -0.39 is 16.0 Å². The minimum Gasteiger partial charge on any atom is -0.465 e. The predicted molar refractivity (Wildman–Crippen MR) is 115 cm³/mol. The number of fused-ring (bicyclic) bond motifs is 1. The van der Waals surface area contributed by atoms with Crippen LogP contribution in [0.3, 0.4) is 0 Å². The van der Waals surface area contributed by atoms with Gasteiger partial charge in [-0.1, -0.05) is 24.3 Å². The third kappa shape index (κ3) is 3.46. The van der Waals surface area contributed by atoms with Gasteiger partial charge in [0.1, 0.15) is 27.0 Å². The second-order valence-corrected chi connectivity index (χ2v) is 9.20. The van der Waals surface area contributed by atoms with Gasteiger partial charge in [0, 0.05) is 5.56 Å². The van der Waals surface area contributed by atoms with Crippen LogP contribution in [0.5, 0.6) is 0 Å². The first-order chi connectivity index (χ1) is 14.3. The van der Waals surface area contributed by atoms with Crippen LogP contribution in [0.2, 0.25) is 0 Å². The quantitative estimate of drug-likeness (QED) is 0.448. The van der Waals surface area contributed by atoms with Crippen molar-refractivity contribution in [3.63, 3.8) is 0 Å². The second-order valence-electron chi connectivity index (χ2n) is 6.55. The number of hydrogen-bond acceptors (Lipinski definition) is 7. The maximum absolute atomic E-state index is 13.2. The number of furan rings is 1. The first kappa shape index (κ1) is 20.1. The SMILES string of the molecule is COC(=O)c1c(C)oc(C)c1S(=O)(=O)Nc1ccccc1-c1nc2ccccc2s1. The molecule has 7 nitrogen and oxygen atoms in total. The number of methoxy groups -OCH3 is 1. The fourth-order valence-electron chi connectivity index (χ4n) is 3.27. The zero-order chi connectivity index (χ0) is 21.5. The molecule has 0 amide bonds. The van der Waals surface area contributed by atoms with Gasteiger partial charge in [-0.15, -0.1) is 11.3 Å². The number of esters is 1. The van der Waals surface area contributed by atoms with Crippen LogP contribution >= 0.6 is 11.3 Å². The standard InChI is InChI=1S/C21H18N2O5S2/c1-12-18(21(24)27-3)19(13(2)28-12)30(25,26)23-15-9-5-4-8-14(15)20-22-16-10-6-7-11-17(16)29-20/h4-11,23H,1-3H3. The van der Waals surface area contributed by atoms with Crippen molar-refractivity contribution >= 4 is 43.2 Å². The van der Waals surface area contributed by atoms with E-state index in [1.807, 2.05) is 30.3 Å². The lowest BCUT2D eigenvalue weighted by atomic mass is 10.2. The Morgan fingerprint density at radius 2 is 1.77 bits per heavy atom. The van der Waals surface area contributed by atoms with Gasteiger partial charge in [0.25, 0.3) is 10.0 Å². The number of carbonyl (C=O) groups is 1. The van der Waals surface area contributed by atoms with Crippen molar-refractivity contribution in [3.8, 4) is 10.6 Å². The molecule has 0 fully saturated rings. The number of ether oxygens (including phenoxy) is 1. The summed E-state index contributed by atoms with van der Waals surface area (Å²) in [6.45, 7) is 3.01. The van der Waals surface area contributed by atoms with E-state index in [0.717, 1.165) is 10.2 Å². The van der Waals surface area contributed by atoms with Gasteiger partial charge in [0.2, 0.25) is 0 Å². The lowest BCUT2D eigenvalue weighted by Gasteiger charge is -2.12. The number of nitrogens with one attached hydrogen (secondary N) is 1. The van der Waals surface area contributed by atoms with Crippen LogP contribution in [0.4, 0.5) is 5.69 Å². The molecule has 0 aliphatic carbocycles. The van der Waals surface area contributed by atoms with Gasteiger partial charge in [0.15, 0.2) is 0 Å². The zero-order valence-corrected chi connectivity index (χ0v) is 18.1. The zero-order valence-electron chi connectivity index (χ0n) is 16.4. The molecular formula is C21H18N2O5S2. The molecule has 2 aromatic heterocycles. The van der Waals surface area contributed by atoms with E-state index in [0.29, 0.717) is 16.3 Å². The van der Waals surface area contributed by atoms with E-state index in [4.69, 9.17) is 9.15 Å². The van der Waals surface area contributed by atoms with Gasteiger partial charge >= 0.3 is 5.97 Å². The number of rotatable bonds is 5. The van der Waals surface area contributed by atoms with Crippen LogP contribution in [0.15, 0.2) is 57.8 Å². The number of carbonyl (C=O) groups excluding carboxylic acids is 1. The van der Waals surface area contributed by atoms with Crippen LogP contribution in [0.1, 0.15) is 21.9 Å². The molecule has 0 saturated carbocycles. The van der Waals surface area contributed by atoms with Crippen LogP contribution in [0.25, 0.3) is 20.8 Å². The van der Waals surface area contributed by atoms with Crippen molar-refractivity contribution in [1.29, 1.82) is 0 Å². The van der Waals surface area contributed by atoms with Crippen LogP contribution in [-0.4, -0.2) is 26.5 Å². The number of thiazole rings is 1. The number of nitrogens with zero attached hydrogens (tertiary/aromatic N) is 1. The molecule has 0 bridgehead atoms. The third-order valence-corrected chi connectivity index (χ3v) is 7.15. The smallest absolute Gasteiger partial charge is 0.342 e. The second kappa shape index (κ2) is 7.58. The molecule has 154 valence electrons. The van der Waals surface area contributed by atoms with Crippen molar-refractivity contribution in [2.24, 2.45) is 0 Å². The van der Waals surface area contributed by atoms with Gasteiger partial charge in [-0.25, -0.2) is 18.2 Å². The molecule has 4 aromatic rings. The Kier molecular flexibility index (Phi) is 5.08. The number of aromatic nitrogens is 1. The molecule has 0 aliphatic heterocycles. The molecule has 0 radical (unpaired) electrons. The molecule has 2 heterocycles. The van der Waals surface area contributed by atoms with Gasteiger partial charge in [-0.2, -0.15) is 0 Å². The molecule has 1 N–H and O–H groups in total. The summed E-state index contributed by atoms with van der Waals surface area (Å²) in [6.07, 6.45) is 0. The van der Waals surface area contributed by atoms with E-state index >= 15 is 0 Å². The fraction of sp³-hybridized carbons (Fsp3) is 0.143. The van der Waals surface area contributed by atoms with Gasteiger partial charge in [-0.05, 0) is 38.1 Å². The molecule has 0 spiro atoms. The summed E-state index contributed by atoms with van der Waals surface area (Å²) in [4.78, 5) is 16.6. The van der Waals surface area contributed by atoms with E-state index in [2.05, 4.69) is 9.71 Å². The lowest BCUT2D eigenvalue weighted by molar-refractivity contribution is 0.0595. The molecule has 0 aliphatic rings. The summed E-state index contributed by atoms with van der Waals surface area (Å²) in [6, 6.07) is 14.7. The highest BCUT2D eigenvalue weighted by Crippen LogP contribution is 2.36. The topological polar surface area (TPSA) is 98.5 Å². The summed E-state index contributed by atoms with van der Waals surface area (Å²) >= 11 is 1.47. The van der Waals surface area contributed by atoms with Crippen molar-refractivity contribution in [2.45, 2.75) is 18.7 Å². The molecule has 0 atom stereocenters. The average Bonchev–Trinajstić information content (AvgIpc) is 3.27. The van der Waals surface area contributed by atoms with Gasteiger partial charge in [-0.3, -0.25) is 4.72 Å².